The predicted molar refractivity (Wildman–Crippen MR) is 72.5 cm³/mol. The second kappa shape index (κ2) is 5.08. The molecule has 0 saturated heterocycles. The van der Waals surface area contributed by atoms with Crippen LogP contribution in [-0.4, -0.2) is 10.7 Å². The Morgan fingerprint density at radius 2 is 1.25 bits per heavy atom. The molecule has 1 atom stereocenters. The molecule has 0 aromatic rings. The zero-order valence-corrected chi connectivity index (χ0v) is 12.6. The maximum Gasteiger partial charge on any atom is 0.0652 e. The second-order valence-electron chi connectivity index (χ2n) is 6.27. The van der Waals surface area contributed by atoms with E-state index in [9.17, 15) is 5.11 Å². The first-order valence-electron chi connectivity index (χ1n) is 6.85. The van der Waals surface area contributed by atoms with Crippen molar-refractivity contribution >= 4 is 0 Å². The van der Waals surface area contributed by atoms with Gasteiger partial charge in [0.05, 0.1) is 5.60 Å². The van der Waals surface area contributed by atoms with Crippen LogP contribution in [0.2, 0.25) is 0 Å². The highest BCUT2D eigenvalue weighted by Gasteiger charge is 2.54. The van der Waals surface area contributed by atoms with Crippen LogP contribution in [0.3, 0.4) is 0 Å². The minimum atomic E-state index is -0.620. The zero-order chi connectivity index (χ0) is 13.2. The molecule has 0 spiro atoms. The van der Waals surface area contributed by atoms with Gasteiger partial charge in [0.15, 0.2) is 0 Å². The summed E-state index contributed by atoms with van der Waals surface area (Å²) in [5.74, 6) is 0.587. The summed E-state index contributed by atoms with van der Waals surface area (Å²) in [6.07, 6.45) is 3.20. The van der Waals surface area contributed by atoms with Crippen LogP contribution in [0.4, 0.5) is 0 Å². The van der Waals surface area contributed by atoms with Crippen LogP contribution < -0.4 is 0 Å². The number of rotatable bonds is 6. The number of hydrogen-bond donors (Lipinski definition) is 1. The van der Waals surface area contributed by atoms with Crippen LogP contribution >= 0.6 is 0 Å². The van der Waals surface area contributed by atoms with Gasteiger partial charge in [-0.15, -0.1) is 0 Å². The van der Waals surface area contributed by atoms with E-state index in [1.807, 2.05) is 13.8 Å². The van der Waals surface area contributed by atoms with Crippen molar-refractivity contribution in [2.75, 3.05) is 0 Å². The molecule has 1 N–H and O–H groups in total. The van der Waals surface area contributed by atoms with Crippen molar-refractivity contribution in [3.8, 4) is 0 Å². The molecule has 0 aromatic heterocycles. The topological polar surface area (TPSA) is 20.2 Å². The van der Waals surface area contributed by atoms with Crippen molar-refractivity contribution in [1.82, 2.24) is 0 Å². The van der Waals surface area contributed by atoms with Gasteiger partial charge in [-0.25, -0.2) is 0 Å². The molecule has 0 aliphatic carbocycles. The molecule has 1 heteroatoms. The number of aliphatic hydroxyl groups is 1. The van der Waals surface area contributed by atoms with Gasteiger partial charge in [0.25, 0.3) is 0 Å². The van der Waals surface area contributed by atoms with E-state index in [-0.39, 0.29) is 10.8 Å². The Hall–Kier alpha value is -0.0400. The molecule has 0 heterocycles. The Morgan fingerprint density at radius 1 is 0.875 bits per heavy atom. The molecular weight excluding hydrogens is 196 g/mol. The third kappa shape index (κ3) is 2.16. The van der Waals surface area contributed by atoms with E-state index in [0.29, 0.717) is 5.92 Å². The second-order valence-corrected chi connectivity index (χ2v) is 6.27. The van der Waals surface area contributed by atoms with Gasteiger partial charge in [-0.2, -0.15) is 0 Å². The smallest absolute Gasteiger partial charge is 0.0652 e. The van der Waals surface area contributed by atoms with E-state index in [4.69, 9.17) is 0 Å². The average molecular weight is 228 g/mol. The third-order valence-corrected chi connectivity index (χ3v) is 5.48. The highest BCUT2D eigenvalue weighted by atomic mass is 16.3. The minimum Gasteiger partial charge on any atom is -0.390 e. The molecular formula is C15H32O. The molecule has 1 unspecified atom stereocenters. The van der Waals surface area contributed by atoms with Gasteiger partial charge >= 0.3 is 0 Å². The minimum absolute atomic E-state index is 0.00289. The van der Waals surface area contributed by atoms with Crippen LogP contribution in [0.5, 0.6) is 0 Å². The highest BCUT2D eigenvalue weighted by Crippen LogP contribution is 2.57. The van der Waals surface area contributed by atoms with Crippen molar-refractivity contribution in [2.24, 2.45) is 16.7 Å². The molecule has 0 aromatic carbocycles. The number of hydrogen-bond acceptors (Lipinski definition) is 1. The molecule has 0 aliphatic heterocycles. The first-order valence-corrected chi connectivity index (χ1v) is 6.85. The van der Waals surface area contributed by atoms with Crippen molar-refractivity contribution < 1.29 is 5.11 Å². The fraction of sp³-hybridized carbons (Fsp3) is 1.00. The van der Waals surface area contributed by atoms with Gasteiger partial charge < -0.3 is 5.11 Å². The van der Waals surface area contributed by atoms with Crippen molar-refractivity contribution in [3.63, 3.8) is 0 Å². The Labute approximate surface area is 103 Å². The van der Waals surface area contributed by atoms with Crippen molar-refractivity contribution in [1.29, 1.82) is 0 Å². The molecule has 16 heavy (non-hydrogen) atoms. The molecule has 0 amide bonds. The summed E-state index contributed by atoms with van der Waals surface area (Å²) in [4.78, 5) is 0. The summed E-state index contributed by atoms with van der Waals surface area (Å²) in [5, 5.41) is 10.6. The third-order valence-electron chi connectivity index (χ3n) is 5.48. The zero-order valence-electron chi connectivity index (χ0n) is 12.6. The van der Waals surface area contributed by atoms with Gasteiger partial charge in [0.1, 0.15) is 0 Å². The van der Waals surface area contributed by atoms with Crippen LogP contribution in [0, 0.1) is 16.7 Å². The lowest BCUT2D eigenvalue weighted by molar-refractivity contribution is -0.154. The van der Waals surface area contributed by atoms with Crippen LogP contribution in [0.15, 0.2) is 0 Å². The highest BCUT2D eigenvalue weighted by molar-refractivity contribution is 5.03. The largest absolute Gasteiger partial charge is 0.390 e. The van der Waals surface area contributed by atoms with Crippen LogP contribution in [0.1, 0.15) is 74.7 Å². The lowest BCUT2D eigenvalue weighted by Crippen LogP contribution is -2.55. The van der Waals surface area contributed by atoms with E-state index in [1.165, 1.54) is 0 Å². The van der Waals surface area contributed by atoms with E-state index < -0.39 is 5.60 Å². The first-order chi connectivity index (χ1) is 7.13. The predicted octanol–water partition coefficient (Wildman–Crippen LogP) is 4.64. The maximum absolute atomic E-state index is 10.6. The van der Waals surface area contributed by atoms with Gasteiger partial charge in [-0.05, 0) is 44.4 Å². The standard InChI is InChI=1S/C15H32O/c1-9-14(8,12(4)5)15(10-2,11-3)13(6,7)16/h12,16H,9-11H2,1-8H3. The molecule has 98 valence electrons. The van der Waals surface area contributed by atoms with Crippen molar-refractivity contribution in [2.45, 2.75) is 80.3 Å². The Balaban J connectivity index is 5.66. The first kappa shape index (κ1) is 16.0. The normalized spacial score (nSPS) is 17.6. The Kier molecular flexibility index (Phi) is 5.07. The summed E-state index contributed by atoms with van der Waals surface area (Å²) < 4.78 is 0. The fourth-order valence-electron chi connectivity index (χ4n) is 3.92. The lowest BCUT2D eigenvalue weighted by atomic mass is 9.50. The van der Waals surface area contributed by atoms with E-state index in [1.54, 1.807) is 0 Å². The van der Waals surface area contributed by atoms with Crippen molar-refractivity contribution in [3.05, 3.63) is 0 Å². The lowest BCUT2D eigenvalue weighted by Gasteiger charge is -2.57. The van der Waals surface area contributed by atoms with E-state index in [0.717, 1.165) is 19.3 Å². The summed E-state index contributed by atoms with van der Waals surface area (Å²) in [6, 6.07) is 0. The van der Waals surface area contributed by atoms with E-state index in [2.05, 4.69) is 41.5 Å². The van der Waals surface area contributed by atoms with Gasteiger partial charge in [0.2, 0.25) is 0 Å². The van der Waals surface area contributed by atoms with E-state index >= 15 is 0 Å². The molecule has 0 bridgehead atoms. The molecule has 0 fully saturated rings. The summed E-state index contributed by atoms with van der Waals surface area (Å²) in [5.41, 5.74) is -0.427. The monoisotopic (exact) mass is 228 g/mol. The van der Waals surface area contributed by atoms with Gasteiger partial charge in [0, 0.05) is 5.41 Å². The van der Waals surface area contributed by atoms with Crippen LogP contribution in [-0.2, 0) is 0 Å². The quantitative estimate of drug-likeness (QED) is 0.702. The molecule has 0 rings (SSSR count). The molecule has 0 radical (unpaired) electrons. The van der Waals surface area contributed by atoms with Gasteiger partial charge in [-0.1, -0.05) is 41.5 Å². The Morgan fingerprint density at radius 3 is 1.31 bits per heavy atom. The molecule has 1 nitrogen and oxygen atoms in total. The van der Waals surface area contributed by atoms with Crippen LogP contribution in [0.25, 0.3) is 0 Å². The summed E-state index contributed by atoms with van der Waals surface area (Å²) in [6.45, 7) is 17.6. The Bertz CT molecular complexity index is 208. The molecule has 0 aliphatic rings. The average Bonchev–Trinajstić information content (AvgIpc) is 2.17. The van der Waals surface area contributed by atoms with Gasteiger partial charge in [-0.3, -0.25) is 0 Å². The fourth-order valence-corrected chi connectivity index (χ4v) is 3.92. The SMILES string of the molecule is CCC(C)(C(C)C)C(CC)(CC)C(C)(C)O. The maximum atomic E-state index is 10.6. The summed E-state index contributed by atoms with van der Waals surface area (Å²) >= 11 is 0. The summed E-state index contributed by atoms with van der Waals surface area (Å²) in [7, 11) is 0. The molecule has 0 saturated carbocycles.